The molecule has 0 aliphatic rings. The second kappa shape index (κ2) is 6.16. The van der Waals surface area contributed by atoms with Crippen LogP contribution in [0.2, 0.25) is 0 Å². The summed E-state index contributed by atoms with van der Waals surface area (Å²) in [6.07, 6.45) is 0. The Kier molecular flexibility index (Phi) is 4.72. The number of ketones is 1. The molecule has 1 aromatic rings. The number of Topliss-reactive ketones (excluding diaryl/α,β-unsaturated/α-hetero) is 1. The van der Waals surface area contributed by atoms with E-state index in [0.29, 0.717) is 13.2 Å². The molecule has 76 valence electrons. The summed E-state index contributed by atoms with van der Waals surface area (Å²) in [6, 6.07) is 9.64. The summed E-state index contributed by atoms with van der Waals surface area (Å²) in [6.45, 7) is 2.97. The van der Waals surface area contributed by atoms with Crippen molar-refractivity contribution >= 4 is 11.5 Å². The van der Waals surface area contributed by atoms with Gasteiger partial charge in [-0.2, -0.15) is 0 Å². The van der Waals surface area contributed by atoms with E-state index in [1.54, 1.807) is 0 Å². The Bertz CT molecular complexity index is 272. The van der Waals surface area contributed by atoms with E-state index in [2.05, 4.69) is 5.32 Å². The van der Waals surface area contributed by atoms with E-state index in [9.17, 15) is 4.79 Å². The number of hydrogen-bond acceptors (Lipinski definition) is 3. The smallest absolute Gasteiger partial charge is 0.177 e. The van der Waals surface area contributed by atoms with Crippen molar-refractivity contribution in [2.24, 2.45) is 0 Å². The molecule has 0 aliphatic carbocycles. The summed E-state index contributed by atoms with van der Waals surface area (Å²) in [5.74, 6) is 0.0655. The zero-order valence-electron chi connectivity index (χ0n) is 8.32. The van der Waals surface area contributed by atoms with E-state index >= 15 is 0 Å². The molecule has 0 saturated heterocycles. The fraction of sp³-hybridized carbons (Fsp3) is 0.364. The van der Waals surface area contributed by atoms with Crippen LogP contribution in [0.3, 0.4) is 0 Å². The molecule has 1 N–H and O–H groups in total. The Morgan fingerprint density at radius 2 is 2.07 bits per heavy atom. The maximum absolute atomic E-state index is 11.2. The second-order valence-electron chi connectivity index (χ2n) is 2.90. The first-order valence-corrected chi connectivity index (χ1v) is 4.71. The van der Waals surface area contributed by atoms with Crippen molar-refractivity contribution in [1.29, 1.82) is 0 Å². The van der Waals surface area contributed by atoms with Gasteiger partial charge in [0.15, 0.2) is 5.78 Å². The number of ether oxygens (including phenoxy) is 1. The molecule has 0 radical (unpaired) electrons. The lowest BCUT2D eigenvalue weighted by molar-refractivity contribution is -0.121. The minimum Gasteiger partial charge on any atom is -0.378 e. The highest BCUT2D eigenvalue weighted by Crippen LogP contribution is 2.03. The average molecular weight is 193 g/mol. The molecular formula is C11H15NO2. The van der Waals surface area contributed by atoms with Gasteiger partial charge in [0.25, 0.3) is 0 Å². The minimum absolute atomic E-state index is 0.0655. The molecular weight excluding hydrogens is 178 g/mol. The predicted octanol–water partition coefficient (Wildman–Crippen LogP) is 1.70. The molecule has 0 amide bonds. The molecule has 0 saturated carbocycles. The van der Waals surface area contributed by atoms with Crippen molar-refractivity contribution in [2.75, 3.05) is 25.1 Å². The SMILES string of the molecule is CCOCC(=O)CNc1ccccc1. The molecule has 3 nitrogen and oxygen atoms in total. The Morgan fingerprint density at radius 1 is 1.36 bits per heavy atom. The van der Waals surface area contributed by atoms with Gasteiger partial charge in [0.2, 0.25) is 0 Å². The van der Waals surface area contributed by atoms with E-state index in [1.165, 1.54) is 0 Å². The van der Waals surface area contributed by atoms with Gasteiger partial charge in [-0.3, -0.25) is 4.79 Å². The molecule has 0 aliphatic heterocycles. The maximum Gasteiger partial charge on any atom is 0.177 e. The zero-order chi connectivity index (χ0) is 10.2. The Hall–Kier alpha value is -1.35. The monoisotopic (exact) mass is 193 g/mol. The number of para-hydroxylation sites is 1. The van der Waals surface area contributed by atoms with Gasteiger partial charge in [0, 0.05) is 12.3 Å². The topological polar surface area (TPSA) is 38.3 Å². The molecule has 14 heavy (non-hydrogen) atoms. The maximum atomic E-state index is 11.2. The van der Waals surface area contributed by atoms with Crippen LogP contribution in [0.4, 0.5) is 5.69 Å². The summed E-state index contributed by atoms with van der Waals surface area (Å²) >= 11 is 0. The third-order valence-electron chi connectivity index (χ3n) is 1.73. The molecule has 0 spiro atoms. The first-order chi connectivity index (χ1) is 6.83. The van der Waals surface area contributed by atoms with Gasteiger partial charge >= 0.3 is 0 Å². The molecule has 0 bridgehead atoms. The van der Waals surface area contributed by atoms with Gasteiger partial charge in [0.1, 0.15) is 6.61 Å². The van der Waals surface area contributed by atoms with Crippen molar-refractivity contribution in [3.05, 3.63) is 30.3 Å². The number of anilines is 1. The van der Waals surface area contributed by atoms with Crippen LogP contribution in [0.25, 0.3) is 0 Å². The second-order valence-corrected chi connectivity index (χ2v) is 2.90. The third-order valence-corrected chi connectivity index (χ3v) is 1.73. The molecule has 0 atom stereocenters. The van der Waals surface area contributed by atoms with E-state index < -0.39 is 0 Å². The van der Waals surface area contributed by atoms with Crippen LogP contribution in [-0.2, 0) is 9.53 Å². The number of benzene rings is 1. The molecule has 1 rings (SSSR count). The summed E-state index contributed by atoms with van der Waals surface area (Å²) < 4.78 is 4.99. The van der Waals surface area contributed by atoms with Crippen LogP contribution < -0.4 is 5.32 Å². The molecule has 0 unspecified atom stereocenters. The van der Waals surface area contributed by atoms with E-state index in [-0.39, 0.29) is 12.4 Å². The van der Waals surface area contributed by atoms with Crippen molar-refractivity contribution in [3.8, 4) is 0 Å². The Morgan fingerprint density at radius 3 is 2.71 bits per heavy atom. The lowest BCUT2D eigenvalue weighted by Gasteiger charge is -2.04. The van der Waals surface area contributed by atoms with Crippen LogP contribution in [0.5, 0.6) is 0 Å². The van der Waals surface area contributed by atoms with Gasteiger partial charge < -0.3 is 10.1 Å². The number of nitrogens with one attached hydrogen (secondary N) is 1. The lowest BCUT2D eigenvalue weighted by Crippen LogP contribution is -2.18. The highest BCUT2D eigenvalue weighted by molar-refractivity contribution is 5.83. The van der Waals surface area contributed by atoms with Gasteiger partial charge in [-0.25, -0.2) is 0 Å². The highest BCUT2D eigenvalue weighted by Gasteiger charge is 2.00. The Labute approximate surface area is 84.1 Å². The average Bonchev–Trinajstić information content (AvgIpc) is 2.25. The number of carbonyl (C=O) groups excluding carboxylic acids is 1. The fourth-order valence-electron chi connectivity index (χ4n) is 1.02. The predicted molar refractivity (Wildman–Crippen MR) is 56.4 cm³/mol. The van der Waals surface area contributed by atoms with Gasteiger partial charge in [0.05, 0.1) is 6.54 Å². The van der Waals surface area contributed by atoms with Crippen molar-refractivity contribution in [3.63, 3.8) is 0 Å². The summed E-state index contributed by atoms with van der Waals surface area (Å²) in [7, 11) is 0. The molecule has 0 heterocycles. The highest BCUT2D eigenvalue weighted by atomic mass is 16.5. The van der Waals surface area contributed by atoms with Gasteiger partial charge in [-0.1, -0.05) is 18.2 Å². The van der Waals surface area contributed by atoms with Crippen LogP contribution >= 0.6 is 0 Å². The quantitative estimate of drug-likeness (QED) is 0.747. The molecule has 3 heteroatoms. The standard InChI is InChI=1S/C11H15NO2/c1-2-14-9-11(13)8-12-10-6-4-3-5-7-10/h3-7,12H,2,8-9H2,1H3. The van der Waals surface area contributed by atoms with Crippen molar-refractivity contribution < 1.29 is 9.53 Å². The molecule has 0 fully saturated rings. The first kappa shape index (κ1) is 10.7. The molecule has 0 aromatic heterocycles. The summed E-state index contributed by atoms with van der Waals surface area (Å²) in [5, 5.41) is 3.02. The van der Waals surface area contributed by atoms with E-state index in [0.717, 1.165) is 5.69 Å². The number of rotatable bonds is 6. The summed E-state index contributed by atoms with van der Waals surface area (Å²) in [5.41, 5.74) is 0.956. The number of carbonyl (C=O) groups is 1. The normalized spacial score (nSPS) is 9.79. The van der Waals surface area contributed by atoms with E-state index in [4.69, 9.17) is 4.74 Å². The van der Waals surface area contributed by atoms with Crippen LogP contribution in [0, 0.1) is 0 Å². The fourth-order valence-corrected chi connectivity index (χ4v) is 1.02. The Balaban J connectivity index is 2.24. The van der Waals surface area contributed by atoms with Gasteiger partial charge in [-0.15, -0.1) is 0 Å². The first-order valence-electron chi connectivity index (χ1n) is 4.71. The zero-order valence-corrected chi connectivity index (χ0v) is 8.32. The number of hydrogen-bond donors (Lipinski definition) is 1. The third kappa shape index (κ3) is 4.05. The van der Waals surface area contributed by atoms with Crippen LogP contribution in [-0.4, -0.2) is 25.5 Å². The van der Waals surface area contributed by atoms with E-state index in [1.807, 2.05) is 37.3 Å². The summed E-state index contributed by atoms with van der Waals surface area (Å²) in [4.78, 5) is 11.2. The largest absolute Gasteiger partial charge is 0.378 e. The van der Waals surface area contributed by atoms with Crippen molar-refractivity contribution in [2.45, 2.75) is 6.92 Å². The van der Waals surface area contributed by atoms with Crippen LogP contribution in [0.15, 0.2) is 30.3 Å². The minimum atomic E-state index is 0.0655. The van der Waals surface area contributed by atoms with Crippen LogP contribution in [0.1, 0.15) is 6.92 Å². The lowest BCUT2D eigenvalue weighted by atomic mass is 10.3. The van der Waals surface area contributed by atoms with Crippen molar-refractivity contribution in [1.82, 2.24) is 0 Å². The van der Waals surface area contributed by atoms with Gasteiger partial charge in [-0.05, 0) is 19.1 Å². The molecule has 1 aromatic carbocycles.